The fourth-order valence-electron chi connectivity index (χ4n) is 4.14. The van der Waals surface area contributed by atoms with E-state index >= 15 is 0 Å². The third-order valence-corrected chi connectivity index (χ3v) is 5.76. The summed E-state index contributed by atoms with van der Waals surface area (Å²) >= 11 is 0. The lowest BCUT2D eigenvalue weighted by Gasteiger charge is -2.15. The van der Waals surface area contributed by atoms with Crippen molar-refractivity contribution in [2.75, 3.05) is 6.61 Å². The van der Waals surface area contributed by atoms with Crippen LogP contribution < -0.4 is 11.2 Å². The Bertz CT molecular complexity index is 1470. The van der Waals surface area contributed by atoms with E-state index in [9.17, 15) is 22.8 Å². The lowest BCUT2D eigenvalue weighted by molar-refractivity contribution is 0.0950. The maximum Gasteiger partial charge on any atom is 0.337 e. The first-order chi connectivity index (χ1) is 15.9. The molecule has 3 heterocycles. The average Bonchev–Trinajstić information content (AvgIpc) is 3.44. The lowest BCUT2D eigenvalue weighted by atomic mass is 10.2. The Morgan fingerprint density at radius 2 is 1.88 bits per heavy atom. The number of fused-ring (bicyclic) bond motifs is 1. The Balaban J connectivity index is 1.76. The summed E-state index contributed by atoms with van der Waals surface area (Å²) in [5, 5.41) is 0. The highest BCUT2D eigenvalue weighted by atomic mass is 19.1. The summed E-state index contributed by atoms with van der Waals surface area (Å²) in [5.74, 6) is -2.25. The molecule has 2 aromatic heterocycles. The summed E-state index contributed by atoms with van der Waals surface area (Å²) in [7, 11) is 0. The predicted molar refractivity (Wildman–Crippen MR) is 114 cm³/mol. The van der Waals surface area contributed by atoms with Gasteiger partial charge in [-0.25, -0.2) is 27.5 Å². The molecule has 0 amide bonds. The fraction of sp³-hybridized carbons (Fsp3) is 0.261. The second-order valence-electron chi connectivity index (χ2n) is 7.90. The van der Waals surface area contributed by atoms with Gasteiger partial charge in [-0.05, 0) is 31.0 Å². The van der Waals surface area contributed by atoms with Gasteiger partial charge in [-0.15, -0.1) is 0 Å². The molecule has 1 aliphatic rings. The van der Waals surface area contributed by atoms with Crippen LogP contribution in [0, 0.1) is 17.5 Å². The van der Waals surface area contributed by atoms with E-state index in [0.29, 0.717) is 24.7 Å². The normalized spacial score (nSPS) is 16.0. The summed E-state index contributed by atoms with van der Waals surface area (Å²) in [6, 6.07) is 8.87. The van der Waals surface area contributed by atoms with Crippen molar-refractivity contribution in [2.45, 2.75) is 32.0 Å². The van der Waals surface area contributed by atoms with Gasteiger partial charge in [0.1, 0.15) is 17.5 Å². The average molecular weight is 456 g/mol. The summed E-state index contributed by atoms with van der Waals surface area (Å²) in [4.78, 5) is 30.9. The Hall–Kier alpha value is -3.66. The third-order valence-electron chi connectivity index (χ3n) is 5.76. The second kappa shape index (κ2) is 8.36. The molecule has 1 atom stereocenters. The van der Waals surface area contributed by atoms with Gasteiger partial charge in [0.05, 0.1) is 31.2 Å². The Kier molecular flexibility index (Phi) is 5.37. The van der Waals surface area contributed by atoms with Crippen molar-refractivity contribution in [3.63, 3.8) is 0 Å². The standard InChI is InChI=1S/C23H19F3N4O3/c24-15-7-8-19(18(26)10-15)30-21-20(22(31)29(23(30)32)12-16-5-3-9-33-16)28(13-27-21)11-14-4-1-2-6-17(14)25/h1-2,4,6-8,10,13,16H,3,5,9,11-12H2/t16-/m1/s1. The number of imidazole rings is 1. The Morgan fingerprint density at radius 1 is 1.06 bits per heavy atom. The summed E-state index contributed by atoms with van der Waals surface area (Å²) in [6.45, 7) is 0.470. The van der Waals surface area contributed by atoms with Crippen molar-refractivity contribution in [2.24, 2.45) is 0 Å². The van der Waals surface area contributed by atoms with Crippen molar-refractivity contribution in [3.05, 3.63) is 92.6 Å². The van der Waals surface area contributed by atoms with Crippen LogP contribution in [-0.2, 0) is 17.8 Å². The molecule has 0 aliphatic carbocycles. The molecule has 1 aliphatic heterocycles. The molecule has 5 rings (SSSR count). The highest BCUT2D eigenvalue weighted by Crippen LogP contribution is 2.19. The molecule has 170 valence electrons. The first-order valence-corrected chi connectivity index (χ1v) is 10.4. The monoisotopic (exact) mass is 456 g/mol. The first kappa shape index (κ1) is 21.2. The van der Waals surface area contributed by atoms with Crippen LogP contribution in [0.4, 0.5) is 13.2 Å². The molecule has 4 aromatic rings. The van der Waals surface area contributed by atoms with Crippen molar-refractivity contribution in [3.8, 4) is 5.69 Å². The van der Waals surface area contributed by atoms with Crippen LogP contribution in [0.2, 0.25) is 0 Å². The molecule has 1 fully saturated rings. The molecule has 0 unspecified atom stereocenters. The number of rotatable bonds is 5. The van der Waals surface area contributed by atoms with Crippen molar-refractivity contribution in [1.29, 1.82) is 0 Å². The highest BCUT2D eigenvalue weighted by Gasteiger charge is 2.24. The van der Waals surface area contributed by atoms with Crippen LogP contribution in [0.3, 0.4) is 0 Å². The van der Waals surface area contributed by atoms with Gasteiger partial charge >= 0.3 is 5.69 Å². The van der Waals surface area contributed by atoms with Gasteiger partial charge < -0.3 is 9.30 Å². The Labute approximate surface area is 185 Å². The van der Waals surface area contributed by atoms with Crippen molar-refractivity contribution < 1.29 is 17.9 Å². The fourth-order valence-corrected chi connectivity index (χ4v) is 4.14. The summed E-state index contributed by atoms with van der Waals surface area (Å²) in [5.41, 5.74) is -1.49. The van der Waals surface area contributed by atoms with E-state index in [1.807, 2.05) is 0 Å². The van der Waals surface area contributed by atoms with Gasteiger partial charge in [-0.2, -0.15) is 0 Å². The summed E-state index contributed by atoms with van der Waals surface area (Å²) < 4.78 is 51.4. The lowest BCUT2D eigenvalue weighted by Crippen LogP contribution is -2.42. The molecule has 10 heteroatoms. The van der Waals surface area contributed by atoms with Crippen molar-refractivity contribution in [1.82, 2.24) is 18.7 Å². The zero-order valence-electron chi connectivity index (χ0n) is 17.4. The highest BCUT2D eigenvalue weighted by molar-refractivity contribution is 5.72. The molecule has 0 spiro atoms. The molecular weight excluding hydrogens is 437 g/mol. The van der Waals surface area contributed by atoms with E-state index in [2.05, 4.69) is 4.98 Å². The van der Waals surface area contributed by atoms with E-state index in [1.54, 1.807) is 18.2 Å². The minimum Gasteiger partial charge on any atom is -0.376 e. The maximum absolute atomic E-state index is 14.7. The van der Waals surface area contributed by atoms with Crippen molar-refractivity contribution >= 4 is 11.2 Å². The maximum atomic E-state index is 14.7. The minimum absolute atomic E-state index is 0.000394. The predicted octanol–water partition coefficient (Wildman–Crippen LogP) is 2.99. The smallest absolute Gasteiger partial charge is 0.337 e. The molecule has 7 nitrogen and oxygen atoms in total. The zero-order chi connectivity index (χ0) is 23.1. The summed E-state index contributed by atoms with van der Waals surface area (Å²) in [6.07, 6.45) is 2.42. The second-order valence-corrected chi connectivity index (χ2v) is 7.90. The van der Waals surface area contributed by atoms with Gasteiger partial charge in [0.15, 0.2) is 11.2 Å². The molecule has 0 radical (unpaired) electrons. The van der Waals surface area contributed by atoms with Crippen LogP contribution in [0.15, 0.2) is 58.4 Å². The molecule has 0 bridgehead atoms. The third kappa shape index (κ3) is 3.76. The zero-order valence-corrected chi connectivity index (χ0v) is 17.4. The van der Waals surface area contributed by atoms with E-state index in [4.69, 9.17) is 4.74 Å². The number of aromatic nitrogens is 4. The molecular formula is C23H19F3N4O3. The van der Waals surface area contributed by atoms with Gasteiger partial charge in [-0.3, -0.25) is 9.36 Å². The number of nitrogens with zero attached hydrogens (tertiary/aromatic N) is 4. The van der Waals surface area contributed by atoms with E-state index in [0.717, 1.165) is 27.7 Å². The van der Waals surface area contributed by atoms with Crippen LogP contribution in [0.25, 0.3) is 16.9 Å². The van der Waals surface area contributed by atoms with Crippen LogP contribution in [0.5, 0.6) is 0 Å². The van der Waals surface area contributed by atoms with Gasteiger partial charge in [0.25, 0.3) is 5.56 Å². The number of benzene rings is 2. The van der Waals surface area contributed by atoms with Gasteiger partial charge in [0, 0.05) is 18.2 Å². The van der Waals surface area contributed by atoms with E-state index in [-0.39, 0.29) is 36.0 Å². The molecule has 0 saturated carbocycles. The minimum atomic E-state index is -0.982. The van der Waals surface area contributed by atoms with Gasteiger partial charge in [0.2, 0.25) is 0 Å². The molecule has 33 heavy (non-hydrogen) atoms. The molecule has 2 aromatic carbocycles. The van der Waals surface area contributed by atoms with Crippen LogP contribution in [0.1, 0.15) is 18.4 Å². The van der Waals surface area contributed by atoms with Crippen LogP contribution in [-0.4, -0.2) is 31.4 Å². The SMILES string of the molecule is O=c1c2c(ncn2Cc2ccccc2F)n(-c2ccc(F)cc2F)c(=O)n1C[C@H]1CCCO1. The number of hydrogen-bond donors (Lipinski definition) is 0. The topological polar surface area (TPSA) is 71.0 Å². The van der Waals surface area contributed by atoms with Gasteiger partial charge in [-0.1, -0.05) is 18.2 Å². The Morgan fingerprint density at radius 3 is 2.61 bits per heavy atom. The van der Waals surface area contributed by atoms with E-state index < -0.39 is 28.7 Å². The number of ether oxygens (including phenoxy) is 1. The number of hydrogen-bond acceptors (Lipinski definition) is 4. The largest absolute Gasteiger partial charge is 0.376 e. The molecule has 0 N–H and O–H groups in total. The van der Waals surface area contributed by atoms with E-state index in [1.165, 1.54) is 17.0 Å². The molecule has 1 saturated heterocycles. The number of halogens is 3. The van der Waals surface area contributed by atoms with Crippen LogP contribution >= 0.6 is 0 Å². The quantitative estimate of drug-likeness (QED) is 0.463. The first-order valence-electron chi connectivity index (χ1n) is 10.4.